The second kappa shape index (κ2) is 12.0. The van der Waals surface area contributed by atoms with E-state index in [0.717, 1.165) is 33.3 Å². The molecule has 0 saturated heterocycles. The van der Waals surface area contributed by atoms with Crippen molar-refractivity contribution < 1.29 is 18.0 Å². The van der Waals surface area contributed by atoms with E-state index in [4.69, 9.17) is 0 Å². The average Bonchev–Trinajstić information content (AvgIpc) is 2.86. The first-order valence-corrected chi connectivity index (χ1v) is 14.1. The standard InChI is InChI=1S/C28H35N3O4S/c1-5-21(3)29-28(33)25(6-2)30(19-22-13-8-7-9-14-22)27(32)20-31(36(4,34)35)26-18-12-16-23-15-10-11-17-24(23)26/h7-18,21,25H,5-6,19-20H2,1-4H3,(H,29,33). The molecule has 0 fully saturated rings. The topological polar surface area (TPSA) is 86.8 Å². The summed E-state index contributed by atoms with van der Waals surface area (Å²) < 4.78 is 27.0. The van der Waals surface area contributed by atoms with Gasteiger partial charge in [0.05, 0.1) is 11.9 Å². The van der Waals surface area contributed by atoms with E-state index < -0.39 is 28.5 Å². The van der Waals surface area contributed by atoms with Crippen LogP contribution in [-0.2, 0) is 26.2 Å². The molecule has 0 aliphatic rings. The Hall–Kier alpha value is -3.39. The predicted molar refractivity (Wildman–Crippen MR) is 145 cm³/mol. The van der Waals surface area contributed by atoms with Crippen molar-refractivity contribution in [2.75, 3.05) is 17.1 Å². The number of rotatable bonds is 11. The number of nitrogens with zero attached hydrogens (tertiary/aromatic N) is 2. The van der Waals surface area contributed by atoms with Crippen molar-refractivity contribution in [2.24, 2.45) is 0 Å². The minimum Gasteiger partial charge on any atom is -0.352 e. The molecule has 192 valence electrons. The molecule has 0 heterocycles. The van der Waals surface area contributed by atoms with Crippen LogP contribution in [0.25, 0.3) is 10.8 Å². The van der Waals surface area contributed by atoms with Crippen molar-refractivity contribution >= 4 is 38.3 Å². The first-order valence-electron chi connectivity index (χ1n) is 12.2. The maximum atomic E-state index is 13.8. The van der Waals surface area contributed by atoms with Gasteiger partial charge in [-0.25, -0.2) is 8.42 Å². The molecular formula is C28H35N3O4S. The highest BCUT2D eigenvalue weighted by Gasteiger charge is 2.32. The summed E-state index contributed by atoms with van der Waals surface area (Å²) in [7, 11) is -3.80. The first-order chi connectivity index (χ1) is 17.2. The molecule has 7 nitrogen and oxygen atoms in total. The number of nitrogens with one attached hydrogen (secondary N) is 1. The van der Waals surface area contributed by atoms with Gasteiger partial charge in [-0.2, -0.15) is 0 Å². The molecule has 0 spiro atoms. The highest BCUT2D eigenvalue weighted by molar-refractivity contribution is 7.92. The number of carbonyl (C=O) groups is 2. The SMILES string of the molecule is CCC(C)NC(=O)C(CC)N(Cc1ccccc1)C(=O)CN(c1cccc2ccccc12)S(C)(=O)=O. The van der Waals surface area contributed by atoms with Crippen molar-refractivity contribution in [1.29, 1.82) is 0 Å². The fourth-order valence-electron chi connectivity index (χ4n) is 4.16. The summed E-state index contributed by atoms with van der Waals surface area (Å²) >= 11 is 0. The quantitative estimate of drug-likeness (QED) is 0.417. The number of benzene rings is 3. The smallest absolute Gasteiger partial charge is 0.244 e. The fraction of sp³-hybridized carbons (Fsp3) is 0.357. The number of hydrogen-bond donors (Lipinski definition) is 1. The highest BCUT2D eigenvalue weighted by Crippen LogP contribution is 2.28. The van der Waals surface area contributed by atoms with E-state index in [1.54, 1.807) is 12.1 Å². The second-order valence-corrected chi connectivity index (χ2v) is 10.9. The Labute approximate surface area is 214 Å². The van der Waals surface area contributed by atoms with E-state index in [-0.39, 0.29) is 18.5 Å². The Balaban J connectivity index is 2.01. The molecule has 0 aromatic heterocycles. The van der Waals surface area contributed by atoms with Gasteiger partial charge in [-0.05, 0) is 36.8 Å². The minimum atomic E-state index is -3.80. The fourth-order valence-corrected chi connectivity index (χ4v) is 5.02. The molecule has 1 N–H and O–H groups in total. The Kier molecular flexibility index (Phi) is 9.09. The lowest BCUT2D eigenvalue weighted by Gasteiger charge is -2.33. The molecule has 36 heavy (non-hydrogen) atoms. The van der Waals surface area contributed by atoms with Gasteiger partial charge in [-0.15, -0.1) is 0 Å². The van der Waals surface area contributed by atoms with Crippen LogP contribution in [0.4, 0.5) is 5.69 Å². The van der Waals surface area contributed by atoms with Crippen LogP contribution < -0.4 is 9.62 Å². The van der Waals surface area contributed by atoms with E-state index in [9.17, 15) is 18.0 Å². The summed E-state index contributed by atoms with van der Waals surface area (Å²) in [5.41, 5.74) is 1.29. The Morgan fingerprint density at radius 2 is 1.53 bits per heavy atom. The zero-order valence-electron chi connectivity index (χ0n) is 21.3. The van der Waals surface area contributed by atoms with Gasteiger partial charge in [0.25, 0.3) is 0 Å². The molecule has 3 aromatic rings. The van der Waals surface area contributed by atoms with E-state index >= 15 is 0 Å². The van der Waals surface area contributed by atoms with Crippen molar-refractivity contribution in [3.63, 3.8) is 0 Å². The predicted octanol–water partition coefficient (Wildman–Crippen LogP) is 4.33. The molecule has 0 radical (unpaired) electrons. The van der Waals surface area contributed by atoms with Crippen LogP contribution in [0.5, 0.6) is 0 Å². The molecule has 2 unspecified atom stereocenters. The van der Waals surface area contributed by atoms with Crippen LogP contribution in [-0.4, -0.2) is 50.0 Å². The van der Waals surface area contributed by atoms with Crippen molar-refractivity contribution in [1.82, 2.24) is 10.2 Å². The molecule has 3 rings (SSSR count). The maximum absolute atomic E-state index is 13.8. The summed E-state index contributed by atoms with van der Waals surface area (Å²) in [5.74, 6) is -0.685. The second-order valence-electron chi connectivity index (χ2n) is 9.02. The van der Waals surface area contributed by atoms with Gasteiger partial charge < -0.3 is 10.2 Å². The third kappa shape index (κ3) is 6.63. The van der Waals surface area contributed by atoms with Gasteiger partial charge in [0, 0.05) is 18.0 Å². The molecular weight excluding hydrogens is 474 g/mol. The Bertz CT molecular complexity index is 1290. The lowest BCUT2D eigenvalue weighted by molar-refractivity contribution is -0.140. The van der Waals surface area contributed by atoms with Crippen molar-refractivity contribution in [3.05, 3.63) is 78.4 Å². The first kappa shape index (κ1) is 27.2. The van der Waals surface area contributed by atoms with Crippen LogP contribution >= 0.6 is 0 Å². The largest absolute Gasteiger partial charge is 0.352 e. The van der Waals surface area contributed by atoms with Gasteiger partial charge >= 0.3 is 0 Å². The van der Waals surface area contributed by atoms with E-state index in [1.165, 1.54) is 4.90 Å². The molecule has 0 aliphatic carbocycles. The van der Waals surface area contributed by atoms with E-state index in [1.807, 2.05) is 81.4 Å². The van der Waals surface area contributed by atoms with Gasteiger partial charge in [-0.3, -0.25) is 13.9 Å². The van der Waals surface area contributed by atoms with Crippen LogP contribution in [0.2, 0.25) is 0 Å². The number of hydrogen-bond acceptors (Lipinski definition) is 4. The zero-order valence-corrected chi connectivity index (χ0v) is 22.2. The van der Waals surface area contributed by atoms with Crippen LogP contribution in [0, 0.1) is 0 Å². The third-order valence-corrected chi connectivity index (χ3v) is 7.42. The van der Waals surface area contributed by atoms with E-state index in [0.29, 0.717) is 12.1 Å². The van der Waals surface area contributed by atoms with E-state index in [2.05, 4.69) is 5.32 Å². The maximum Gasteiger partial charge on any atom is 0.244 e. The monoisotopic (exact) mass is 509 g/mol. The zero-order chi connectivity index (χ0) is 26.3. The summed E-state index contributed by atoms with van der Waals surface area (Å²) in [6.45, 7) is 5.53. The summed E-state index contributed by atoms with van der Waals surface area (Å²) in [6.07, 6.45) is 2.25. The summed E-state index contributed by atoms with van der Waals surface area (Å²) in [5, 5.41) is 4.58. The normalized spacial score (nSPS) is 13.1. The summed E-state index contributed by atoms with van der Waals surface area (Å²) in [6, 6.07) is 21.5. The molecule has 3 aromatic carbocycles. The minimum absolute atomic E-state index is 0.0385. The van der Waals surface area contributed by atoms with Crippen LogP contribution in [0.15, 0.2) is 72.8 Å². The lowest BCUT2D eigenvalue weighted by atomic mass is 10.1. The highest BCUT2D eigenvalue weighted by atomic mass is 32.2. The van der Waals surface area contributed by atoms with Crippen LogP contribution in [0.3, 0.4) is 0 Å². The molecule has 2 amide bonds. The molecule has 2 atom stereocenters. The lowest BCUT2D eigenvalue weighted by Crippen LogP contribution is -2.53. The molecule has 0 bridgehead atoms. The van der Waals surface area contributed by atoms with Gasteiger partial charge in [0.2, 0.25) is 21.8 Å². The number of amides is 2. The summed E-state index contributed by atoms with van der Waals surface area (Å²) in [4.78, 5) is 28.5. The Morgan fingerprint density at radius 1 is 0.889 bits per heavy atom. The average molecular weight is 510 g/mol. The molecule has 0 aliphatic heterocycles. The van der Waals surface area contributed by atoms with Gasteiger partial charge in [0.1, 0.15) is 12.6 Å². The van der Waals surface area contributed by atoms with Crippen LogP contribution in [0.1, 0.15) is 39.2 Å². The number of anilines is 1. The third-order valence-electron chi connectivity index (χ3n) is 6.30. The molecule has 0 saturated carbocycles. The van der Waals surface area contributed by atoms with Crippen molar-refractivity contribution in [3.8, 4) is 0 Å². The van der Waals surface area contributed by atoms with Gasteiger partial charge in [0.15, 0.2) is 0 Å². The molecule has 8 heteroatoms. The number of fused-ring (bicyclic) bond motifs is 1. The van der Waals surface area contributed by atoms with Crippen molar-refractivity contribution in [2.45, 2.75) is 52.2 Å². The number of sulfonamides is 1. The van der Waals surface area contributed by atoms with Gasteiger partial charge in [-0.1, -0.05) is 80.6 Å². The Morgan fingerprint density at radius 3 is 2.17 bits per heavy atom. The number of carbonyl (C=O) groups excluding carboxylic acids is 2.